The van der Waals surface area contributed by atoms with E-state index in [-0.39, 0.29) is 5.82 Å². The molecule has 17 heavy (non-hydrogen) atoms. The van der Waals surface area contributed by atoms with Gasteiger partial charge < -0.3 is 5.32 Å². The first kappa shape index (κ1) is 14.0. The summed E-state index contributed by atoms with van der Waals surface area (Å²) in [6.45, 7) is 2.28. The molecule has 0 unspecified atom stereocenters. The monoisotopic (exact) mass is 308 g/mol. The van der Waals surface area contributed by atoms with Gasteiger partial charge >= 0.3 is 6.18 Å². The van der Waals surface area contributed by atoms with Gasteiger partial charge in [0.15, 0.2) is 0 Å². The maximum atomic E-state index is 12.7. The maximum absolute atomic E-state index is 12.7. The lowest BCUT2D eigenvalue weighted by atomic mass is 10.2. The molecule has 0 atom stereocenters. The zero-order chi connectivity index (χ0) is 12.9. The number of hydrogen-bond acceptors (Lipinski definition) is 2. The molecule has 0 spiro atoms. The zero-order valence-electron chi connectivity index (χ0n) is 9.18. The van der Waals surface area contributed by atoms with Crippen molar-refractivity contribution in [3.05, 3.63) is 34.5 Å². The number of pyridine rings is 1. The summed E-state index contributed by atoms with van der Waals surface area (Å²) in [5, 5.41) is 2.68. The van der Waals surface area contributed by atoms with Crippen LogP contribution in [-0.2, 0) is 6.18 Å². The number of rotatable bonds is 4. The Labute approximate surface area is 106 Å². The summed E-state index contributed by atoms with van der Waals surface area (Å²) in [6.07, 6.45) is 1.32. The number of allylic oxidation sites excluding steroid dienone is 1. The molecule has 1 aromatic rings. The largest absolute Gasteiger partial charge is 0.419 e. The molecule has 1 rings (SSSR count). The summed E-state index contributed by atoms with van der Waals surface area (Å²) in [4.78, 5) is 3.74. The summed E-state index contributed by atoms with van der Waals surface area (Å²) in [5.41, 5.74) is -0.757. The lowest BCUT2D eigenvalue weighted by molar-refractivity contribution is -0.137. The summed E-state index contributed by atoms with van der Waals surface area (Å²) in [7, 11) is 0. The van der Waals surface area contributed by atoms with Crippen LogP contribution in [0.25, 0.3) is 0 Å². The normalized spacial score (nSPS) is 12.1. The van der Waals surface area contributed by atoms with Gasteiger partial charge in [0.2, 0.25) is 0 Å². The second-order valence-corrected chi connectivity index (χ2v) is 4.25. The molecule has 0 amide bonds. The van der Waals surface area contributed by atoms with E-state index in [1.807, 2.05) is 19.1 Å². The van der Waals surface area contributed by atoms with Crippen LogP contribution in [0.2, 0.25) is 0 Å². The molecule has 0 bridgehead atoms. The molecular formula is C11H12BrF3N2. The third-order valence-corrected chi connectivity index (χ3v) is 2.43. The van der Waals surface area contributed by atoms with Crippen molar-refractivity contribution in [1.29, 1.82) is 0 Å². The standard InChI is InChI=1S/C11H12BrF3N2/c1-2-3-4-5-16-10-9(11(13,14)15)6-8(12)7-17-10/h2-3,6-7H,4-5H2,1H3,(H,16,17)/b3-2+. The van der Waals surface area contributed by atoms with Crippen LogP contribution in [0.3, 0.4) is 0 Å². The van der Waals surface area contributed by atoms with E-state index in [1.165, 1.54) is 6.20 Å². The fourth-order valence-corrected chi connectivity index (χ4v) is 1.57. The minimum absolute atomic E-state index is 0.134. The molecule has 1 N–H and O–H groups in total. The molecule has 0 radical (unpaired) electrons. The Kier molecular flexibility index (Phi) is 4.99. The highest BCUT2D eigenvalue weighted by Gasteiger charge is 2.34. The number of hydrogen-bond donors (Lipinski definition) is 1. The van der Waals surface area contributed by atoms with E-state index in [1.54, 1.807) is 0 Å². The second-order valence-electron chi connectivity index (χ2n) is 3.33. The quantitative estimate of drug-likeness (QED) is 0.664. The van der Waals surface area contributed by atoms with Crippen LogP contribution in [0.5, 0.6) is 0 Å². The van der Waals surface area contributed by atoms with Crippen molar-refractivity contribution in [2.24, 2.45) is 0 Å². The first-order chi connectivity index (χ1) is 7.95. The van der Waals surface area contributed by atoms with Crippen LogP contribution in [0.1, 0.15) is 18.9 Å². The second kappa shape index (κ2) is 6.05. The van der Waals surface area contributed by atoms with Gasteiger partial charge in [-0.15, -0.1) is 0 Å². The highest BCUT2D eigenvalue weighted by atomic mass is 79.9. The van der Waals surface area contributed by atoms with E-state index in [4.69, 9.17) is 0 Å². The third kappa shape index (κ3) is 4.38. The van der Waals surface area contributed by atoms with Gasteiger partial charge in [0.25, 0.3) is 0 Å². The van der Waals surface area contributed by atoms with Crippen LogP contribution in [0.4, 0.5) is 19.0 Å². The topological polar surface area (TPSA) is 24.9 Å². The van der Waals surface area contributed by atoms with Crippen molar-refractivity contribution in [3.8, 4) is 0 Å². The van der Waals surface area contributed by atoms with Gasteiger partial charge in [0, 0.05) is 17.2 Å². The summed E-state index contributed by atoms with van der Waals surface area (Å²) in [6, 6.07) is 1.02. The molecule has 2 nitrogen and oxygen atoms in total. The summed E-state index contributed by atoms with van der Waals surface area (Å²) >= 11 is 2.98. The van der Waals surface area contributed by atoms with Gasteiger partial charge in [-0.2, -0.15) is 13.2 Å². The predicted molar refractivity (Wildman–Crippen MR) is 64.9 cm³/mol. The Balaban J connectivity index is 2.84. The SMILES string of the molecule is C/C=C/CCNc1ncc(Br)cc1C(F)(F)F. The molecule has 0 aromatic carbocycles. The number of aromatic nitrogens is 1. The van der Waals surface area contributed by atoms with Gasteiger partial charge in [0.05, 0.1) is 5.56 Å². The van der Waals surface area contributed by atoms with Crippen LogP contribution in [-0.4, -0.2) is 11.5 Å². The molecule has 0 aliphatic heterocycles. The van der Waals surface area contributed by atoms with E-state index in [9.17, 15) is 13.2 Å². The van der Waals surface area contributed by atoms with Crippen LogP contribution >= 0.6 is 15.9 Å². The van der Waals surface area contributed by atoms with Crippen molar-refractivity contribution >= 4 is 21.7 Å². The fraction of sp³-hybridized carbons (Fsp3) is 0.364. The van der Waals surface area contributed by atoms with Crippen molar-refractivity contribution < 1.29 is 13.2 Å². The Bertz CT molecular complexity index is 402. The Morgan fingerprint density at radius 2 is 2.18 bits per heavy atom. The third-order valence-electron chi connectivity index (χ3n) is 2.00. The number of halogens is 4. The Morgan fingerprint density at radius 1 is 1.47 bits per heavy atom. The lowest BCUT2D eigenvalue weighted by Gasteiger charge is -2.13. The van der Waals surface area contributed by atoms with Crippen LogP contribution in [0.15, 0.2) is 28.9 Å². The van der Waals surface area contributed by atoms with E-state index in [0.717, 1.165) is 6.07 Å². The van der Waals surface area contributed by atoms with Crippen LogP contribution < -0.4 is 5.32 Å². The van der Waals surface area contributed by atoms with E-state index in [0.29, 0.717) is 17.4 Å². The zero-order valence-corrected chi connectivity index (χ0v) is 10.8. The van der Waals surface area contributed by atoms with Crippen molar-refractivity contribution in [2.75, 3.05) is 11.9 Å². The minimum atomic E-state index is -4.40. The van der Waals surface area contributed by atoms with Gasteiger partial charge in [-0.25, -0.2) is 4.98 Å². The highest BCUT2D eigenvalue weighted by molar-refractivity contribution is 9.10. The molecule has 0 aliphatic rings. The molecule has 0 fully saturated rings. The lowest BCUT2D eigenvalue weighted by Crippen LogP contribution is -2.13. The smallest absolute Gasteiger partial charge is 0.369 e. The predicted octanol–water partition coefficient (Wildman–Crippen LogP) is 4.24. The average molecular weight is 309 g/mol. The molecule has 1 aromatic heterocycles. The number of anilines is 1. The highest BCUT2D eigenvalue weighted by Crippen LogP contribution is 2.35. The molecule has 0 saturated carbocycles. The van der Waals surface area contributed by atoms with Gasteiger partial charge in [-0.3, -0.25) is 0 Å². The summed E-state index contributed by atoms with van der Waals surface area (Å²) < 4.78 is 38.4. The Morgan fingerprint density at radius 3 is 2.76 bits per heavy atom. The van der Waals surface area contributed by atoms with Crippen molar-refractivity contribution in [3.63, 3.8) is 0 Å². The van der Waals surface area contributed by atoms with Gasteiger partial charge in [-0.1, -0.05) is 12.2 Å². The van der Waals surface area contributed by atoms with Crippen LogP contribution in [0, 0.1) is 0 Å². The van der Waals surface area contributed by atoms with Crippen molar-refractivity contribution in [1.82, 2.24) is 4.98 Å². The molecule has 0 aliphatic carbocycles. The first-order valence-corrected chi connectivity index (χ1v) is 5.82. The summed E-state index contributed by atoms with van der Waals surface area (Å²) in [5.74, 6) is -0.134. The van der Waals surface area contributed by atoms with Crippen molar-refractivity contribution in [2.45, 2.75) is 19.5 Å². The molecule has 0 saturated heterocycles. The number of alkyl halides is 3. The number of nitrogens with zero attached hydrogens (tertiary/aromatic N) is 1. The van der Waals surface area contributed by atoms with Gasteiger partial charge in [0.1, 0.15) is 5.82 Å². The van der Waals surface area contributed by atoms with Gasteiger partial charge in [-0.05, 0) is 35.3 Å². The Hall–Kier alpha value is -1.04. The average Bonchev–Trinajstić information content (AvgIpc) is 2.25. The molecule has 94 valence electrons. The molecule has 6 heteroatoms. The minimum Gasteiger partial charge on any atom is -0.369 e. The molecule has 1 heterocycles. The number of nitrogens with one attached hydrogen (secondary N) is 1. The van der Waals surface area contributed by atoms with E-state index < -0.39 is 11.7 Å². The first-order valence-electron chi connectivity index (χ1n) is 5.03. The van der Waals surface area contributed by atoms with E-state index in [2.05, 4.69) is 26.2 Å². The maximum Gasteiger partial charge on any atom is 0.419 e. The van der Waals surface area contributed by atoms with E-state index >= 15 is 0 Å². The molecular weight excluding hydrogens is 297 g/mol. The fourth-order valence-electron chi connectivity index (χ4n) is 1.24.